The van der Waals surface area contributed by atoms with E-state index in [4.69, 9.17) is 4.52 Å². The molecule has 0 aliphatic carbocycles. The highest BCUT2D eigenvalue weighted by Gasteiger charge is 2.13. The second-order valence-corrected chi connectivity index (χ2v) is 6.04. The van der Waals surface area contributed by atoms with Gasteiger partial charge in [0.25, 0.3) is 0 Å². The predicted molar refractivity (Wildman–Crippen MR) is 92.4 cm³/mol. The molecule has 4 rings (SSSR count). The van der Waals surface area contributed by atoms with Crippen molar-refractivity contribution >= 4 is 10.9 Å². The standard InChI is InChI=1S/C20H17FN2O/c1-13-20(14(2)24-22-13)17-6-5-16-9-10-23(19(16)11-17)12-15-3-7-18(21)8-4-15/h3-11H,12H2,1-2H3. The molecule has 0 aliphatic heterocycles. The van der Waals surface area contributed by atoms with Crippen LogP contribution in [-0.2, 0) is 6.54 Å². The SMILES string of the molecule is Cc1noc(C)c1-c1ccc2ccn(Cc3ccc(F)cc3)c2c1. The molecule has 0 atom stereocenters. The van der Waals surface area contributed by atoms with Crippen LogP contribution in [0.4, 0.5) is 4.39 Å². The Morgan fingerprint density at radius 1 is 1.04 bits per heavy atom. The highest BCUT2D eigenvalue weighted by atomic mass is 19.1. The molecular weight excluding hydrogens is 303 g/mol. The van der Waals surface area contributed by atoms with Crippen molar-refractivity contribution in [3.63, 3.8) is 0 Å². The minimum atomic E-state index is -0.211. The Labute approximate surface area is 139 Å². The summed E-state index contributed by atoms with van der Waals surface area (Å²) in [6, 6.07) is 15.1. The van der Waals surface area contributed by atoms with Crippen LogP contribution in [0.1, 0.15) is 17.0 Å². The smallest absolute Gasteiger partial charge is 0.141 e. The molecule has 2 aromatic carbocycles. The van der Waals surface area contributed by atoms with E-state index in [-0.39, 0.29) is 5.82 Å². The summed E-state index contributed by atoms with van der Waals surface area (Å²) in [7, 11) is 0. The Bertz CT molecular complexity index is 992. The quantitative estimate of drug-likeness (QED) is 0.526. The number of hydrogen-bond donors (Lipinski definition) is 0. The van der Waals surface area contributed by atoms with Gasteiger partial charge in [-0.05, 0) is 54.6 Å². The Morgan fingerprint density at radius 2 is 1.83 bits per heavy atom. The zero-order chi connectivity index (χ0) is 16.7. The largest absolute Gasteiger partial charge is 0.361 e. The maximum absolute atomic E-state index is 13.1. The molecule has 4 aromatic rings. The normalized spacial score (nSPS) is 11.3. The van der Waals surface area contributed by atoms with Gasteiger partial charge in [0.1, 0.15) is 11.6 Å². The second-order valence-electron chi connectivity index (χ2n) is 6.04. The summed E-state index contributed by atoms with van der Waals surface area (Å²) in [6.07, 6.45) is 2.06. The van der Waals surface area contributed by atoms with Gasteiger partial charge in [-0.25, -0.2) is 4.39 Å². The molecule has 3 nitrogen and oxygen atoms in total. The highest BCUT2D eigenvalue weighted by molar-refractivity contribution is 5.86. The summed E-state index contributed by atoms with van der Waals surface area (Å²) in [5.74, 6) is 0.611. The molecule has 0 bridgehead atoms. The Hall–Kier alpha value is -2.88. The Morgan fingerprint density at radius 3 is 2.54 bits per heavy atom. The average Bonchev–Trinajstić information content (AvgIpc) is 3.13. The molecule has 24 heavy (non-hydrogen) atoms. The van der Waals surface area contributed by atoms with Gasteiger partial charge in [0.05, 0.1) is 5.69 Å². The van der Waals surface area contributed by atoms with E-state index in [2.05, 4.69) is 40.2 Å². The summed E-state index contributed by atoms with van der Waals surface area (Å²) >= 11 is 0. The van der Waals surface area contributed by atoms with E-state index >= 15 is 0 Å². The highest BCUT2D eigenvalue weighted by Crippen LogP contribution is 2.30. The van der Waals surface area contributed by atoms with E-state index < -0.39 is 0 Å². The first-order chi connectivity index (χ1) is 11.6. The maximum Gasteiger partial charge on any atom is 0.141 e. The molecule has 4 heteroatoms. The van der Waals surface area contributed by atoms with Crippen LogP contribution < -0.4 is 0 Å². The first-order valence-corrected chi connectivity index (χ1v) is 7.88. The molecule has 0 aliphatic rings. The van der Waals surface area contributed by atoms with Crippen LogP contribution in [0.5, 0.6) is 0 Å². The van der Waals surface area contributed by atoms with Crippen molar-refractivity contribution in [2.45, 2.75) is 20.4 Å². The summed E-state index contributed by atoms with van der Waals surface area (Å²) in [5.41, 5.74) is 5.24. The minimum absolute atomic E-state index is 0.211. The topological polar surface area (TPSA) is 31.0 Å². The first-order valence-electron chi connectivity index (χ1n) is 7.88. The molecule has 120 valence electrons. The summed E-state index contributed by atoms with van der Waals surface area (Å²) in [5, 5.41) is 5.22. The lowest BCUT2D eigenvalue weighted by Gasteiger charge is -2.08. The van der Waals surface area contributed by atoms with Gasteiger partial charge >= 0.3 is 0 Å². The van der Waals surface area contributed by atoms with Gasteiger partial charge in [-0.3, -0.25) is 0 Å². The monoisotopic (exact) mass is 320 g/mol. The number of hydrogen-bond acceptors (Lipinski definition) is 2. The van der Waals surface area contributed by atoms with Crippen molar-refractivity contribution in [3.05, 3.63) is 77.6 Å². The van der Waals surface area contributed by atoms with Crippen LogP contribution in [-0.4, -0.2) is 9.72 Å². The number of aryl methyl sites for hydroxylation is 2. The van der Waals surface area contributed by atoms with E-state index in [1.54, 1.807) is 0 Å². The molecule has 0 saturated heterocycles. The zero-order valence-corrected chi connectivity index (χ0v) is 13.6. The molecule has 2 aromatic heterocycles. The average molecular weight is 320 g/mol. The fraction of sp³-hybridized carbons (Fsp3) is 0.150. The fourth-order valence-electron chi connectivity index (χ4n) is 3.16. The Kier molecular flexibility index (Phi) is 3.45. The van der Waals surface area contributed by atoms with Crippen LogP contribution in [0, 0.1) is 19.7 Å². The lowest BCUT2D eigenvalue weighted by atomic mass is 10.0. The van der Waals surface area contributed by atoms with E-state index in [0.717, 1.165) is 33.7 Å². The van der Waals surface area contributed by atoms with E-state index in [0.29, 0.717) is 6.54 Å². The zero-order valence-electron chi connectivity index (χ0n) is 13.6. The number of halogens is 1. The maximum atomic E-state index is 13.1. The summed E-state index contributed by atoms with van der Waals surface area (Å²) in [6.45, 7) is 4.58. The fourth-order valence-corrected chi connectivity index (χ4v) is 3.16. The molecule has 0 spiro atoms. The number of nitrogens with zero attached hydrogens (tertiary/aromatic N) is 2. The van der Waals surface area contributed by atoms with Gasteiger partial charge in [0.2, 0.25) is 0 Å². The van der Waals surface area contributed by atoms with Gasteiger partial charge in [0.15, 0.2) is 0 Å². The van der Waals surface area contributed by atoms with Crippen LogP contribution in [0.15, 0.2) is 59.3 Å². The van der Waals surface area contributed by atoms with Crippen molar-refractivity contribution in [3.8, 4) is 11.1 Å². The lowest BCUT2D eigenvalue weighted by Crippen LogP contribution is -1.98. The number of aromatic nitrogens is 2. The third kappa shape index (κ3) is 2.50. The summed E-state index contributed by atoms with van der Waals surface area (Å²) in [4.78, 5) is 0. The molecule has 2 heterocycles. The van der Waals surface area contributed by atoms with E-state index in [1.165, 1.54) is 17.5 Å². The third-order valence-corrected chi connectivity index (χ3v) is 4.36. The van der Waals surface area contributed by atoms with Gasteiger partial charge in [-0.1, -0.05) is 29.4 Å². The molecule has 0 N–H and O–H groups in total. The minimum Gasteiger partial charge on any atom is -0.361 e. The Balaban J connectivity index is 1.77. The molecular formula is C20H17FN2O. The van der Waals surface area contributed by atoms with Gasteiger partial charge in [-0.15, -0.1) is 0 Å². The van der Waals surface area contributed by atoms with Gasteiger partial charge < -0.3 is 9.09 Å². The molecule has 0 saturated carbocycles. The first kappa shape index (κ1) is 14.7. The number of benzene rings is 2. The third-order valence-electron chi connectivity index (χ3n) is 4.36. The van der Waals surface area contributed by atoms with Crippen LogP contribution in [0.2, 0.25) is 0 Å². The van der Waals surface area contributed by atoms with Crippen molar-refractivity contribution < 1.29 is 8.91 Å². The molecule has 0 radical (unpaired) electrons. The van der Waals surface area contributed by atoms with Crippen molar-refractivity contribution in [2.75, 3.05) is 0 Å². The van der Waals surface area contributed by atoms with Crippen molar-refractivity contribution in [1.82, 2.24) is 9.72 Å². The van der Waals surface area contributed by atoms with Gasteiger partial charge in [-0.2, -0.15) is 0 Å². The van der Waals surface area contributed by atoms with Crippen LogP contribution in [0.3, 0.4) is 0 Å². The molecule has 0 unspecified atom stereocenters. The van der Waals surface area contributed by atoms with E-state index in [1.807, 2.05) is 26.0 Å². The molecule has 0 fully saturated rings. The van der Waals surface area contributed by atoms with Crippen molar-refractivity contribution in [1.29, 1.82) is 0 Å². The number of rotatable bonds is 3. The molecule has 0 amide bonds. The van der Waals surface area contributed by atoms with Crippen LogP contribution in [0.25, 0.3) is 22.0 Å². The number of fused-ring (bicyclic) bond motifs is 1. The van der Waals surface area contributed by atoms with Crippen molar-refractivity contribution in [2.24, 2.45) is 0 Å². The predicted octanol–water partition coefficient (Wildman–Crippen LogP) is 5.10. The summed E-state index contributed by atoms with van der Waals surface area (Å²) < 4.78 is 20.5. The van der Waals surface area contributed by atoms with Gasteiger partial charge in [0, 0.05) is 23.8 Å². The van der Waals surface area contributed by atoms with Crippen LogP contribution >= 0.6 is 0 Å². The lowest BCUT2D eigenvalue weighted by molar-refractivity contribution is 0.393. The van der Waals surface area contributed by atoms with E-state index in [9.17, 15) is 4.39 Å². The second kappa shape index (κ2) is 5.64.